The summed E-state index contributed by atoms with van der Waals surface area (Å²) in [5, 5.41) is 3.22. The molecule has 4 aliphatic carbocycles. The number of hydrogen-bond donors (Lipinski definition) is 1. The van der Waals surface area contributed by atoms with Crippen LogP contribution in [0, 0.1) is 17.8 Å². The van der Waals surface area contributed by atoms with Crippen LogP contribution in [0.2, 0.25) is 0 Å². The number of ether oxygens (including phenoxy) is 1. The van der Waals surface area contributed by atoms with E-state index in [0.29, 0.717) is 28.9 Å². The maximum absolute atomic E-state index is 12.8. The maximum atomic E-state index is 12.8. The summed E-state index contributed by atoms with van der Waals surface area (Å²) in [6.07, 6.45) is 5.93. The lowest BCUT2D eigenvalue weighted by atomic mass is 9.53. The molecule has 31 heavy (non-hydrogen) atoms. The molecule has 1 aromatic rings. The minimum absolute atomic E-state index is 0.0610. The molecule has 4 fully saturated rings. The van der Waals surface area contributed by atoms with Gasteiger partial charge in [0.2, 0.25) is 0 Å². The minimum atomic E-state index is -0.900. The van der Waals surface area contributed by atoms with Crippen LogP contribution in [0.25, 0.3) is 0 Å². The molecule has 3 amide bonds. The van der Waals surface area contributed by atoms with Crippen LogP contribution in [0.5, 0.6) is 0 Å². The minimum Gasteiger partial charge on any atom is -0.452 e. The number of fused-ring (bicyclic) bond motifs is 1. The molecule has 1 aliphatic heterocycles. The number of esters is 1. The zero-order chi connectivity index (χ0) is 21.8. The van der Waals surface area contributed by atoms with Crippen LogP contribution in [-0.2, 0) is 14.3 Å². The molecule has 164 valence electrons. The van der Waals surface area contributed by atoms with Gasteiger partial charge in [-0.05, 0) is 75.3 Å². The Morgan fingerprint density at radius 3 is 2.06 bits per heavy atom. The van der Waals surface area contributed by atoms with Gasteiger partial charge in [-0.2, -0.15) is 0 Å². The molecular weight excluding hydrogens is 396 g/mol. The second-order valence-electron chi connectivity index (χ2n) is 9.88. The number of imide groups is 1. The number of nitrogens with zero attached hydrogens (tertiary/aromatic N) is 1. The van der Waals surface area contributed by atoms with Gasteiger partial charge < -0.3 is 10.1 Å². The summed E-state index contributed by atoms with van der Waals surface area (Å²) < 4.78 is 5.33. The second kappa shape index (κ2) is 7.46. The Morgan fingerprint density at radius 2 is 1.55 bits per heavy atom. The van der Waals surface area contributed by atoms with E-state index in [1.165, 1.54) is 19.3 Å². The van der Waals surface area contributed by atoms with Crippen LogP contribution in [0.1, 0.15) is 72.6 Å². The molecule has 1 atom stereocenters. The number of carbonyl (C=O) groups excluding carboxylic acids is 4. The van der Waals surface area contributed by atoms with Crippen LogP contribution in [-0.4, -0.2) is 46.8 Å². The van der Waals surface area contributed by atoms with E-state index in [4.69, 9.17) is 4.74 Å². The van der Waals surface area contributed by atoms with Crippen molar-refractivity contribution in [3.05, 3.63) is 35.4 Å². The molecule has 6 rings (SSSR count). The van der Waals surface area contributed by atoms with Crippen LogP contribution >= 0.6 is 0 Å². The Kier molecular flexibility index (Phi) is 4.87. The molecule has 4 bridgehead atoms. The van der Waals surface area contributed by atoms with Gasteiger partial charge >= 0.3 is 5.97 Å². The van der Waals surface area contributed by atoms with Gasteiger partial charge in [0.05, 0.1) is 17.5 Å². The number of amides is 3. The predicted octanol–water partition coefficient (Wildman–Crippen LogP) is 2.69. The Morgan fingerprint density at radius 1 is 1.03 bits per heavy atom. The van der Waals surface area contributed by atoms with Crippen LogP contribution in [0.15, 0.2) is 24.3 Å². The Bertz CT molecular complexity index is 885. The first-order chi connectivity index (χ1) is 14.8. The van der Waals surface area contributed by atoms with E-state index in [0.717, 1.165) is 24.2 Å². The van der Waals surface area contributed by atoms with Crippen molar-refractivity contribution >= 4 is 23.7 Å². The van der Waals surface area contributed by atoms with Gasteiger partial charge in [0.15, 0.2) is 6.10 Å². The zero-order valence-corrected chi connectivity index (χ0v) is 17.8. The van der Waals surface area contributed by atoms with Gasteiger partial charge in [-0.15, -0.1) is 0 Å². The van der Waals surface area contributed by atoms with E-state index in [2.05, 4.69) is 5.32 Å². The lowest BCUT2D eigenvalue weighted by Gasteiger charge is -2.57. The first kappa shape index (κ1) is 20.2. The molecule has 0 unspecified atom stereocenters. The summed E-state index contributed by atoms with van der Waals surface area (Å²) in [5.74, 6) is 0.486. The smallest absolute Gasteiger partial charge is 0.308 e. The van der Waals surface area contributed by atoms with E-state index < -0.39 is 23.9 Å². The molecule has 7 heteroatoms. The van der Waals surface area contributed by atoms with E-state index in [1.807, 2.05) is 0 Å². The molecule has 0 saturated heterocycles. The quantitative estimate of drug-likeness (QED) is 0.560. The predicted molar refractivity (Wildman–Crippen MR) is 111 cm³/mol. The van der Waals surface area contributed by atoms with Gasteiger partial charge in [-0.3, -0.25) is 24.1 Å². The highest BCUT2D eigenvalue weighted by Crippen LogP contribution is 2.55. The van der Waals surface area contributed by atoms with Gasteiger partial charge in [0, 0.05) is 12.1 Å². The van der Waals surface area contributed by atoms with Crippen molar-refractivity contribution < 1.29 is 23.9 Å². The fourth-order valence-electron chi connectivity index (χ4n) is 6.58. The highest BCUT2D eigenvalue weighted by Gasteiger charge is 2.51. The van der Waals surface area contributed by atoms with E-state index in [-0.39, 0.29) is 24.4 Å². The third-order valence-electron chi connectivity index (χ3n) is 7.52. The van der Waals surface area contributed by atoms with Crippen molar-refractivity contribution in [2.75, 3.05) is 6.54 Å². The average Bonchev–Trinajstić information content (AvgIpc) is 2.95. The molecular formula is C24H28N2O5. The summed E-state index contributed by atoms with van der Waals surface area (Å²) in [6.45, 7) is 1.52. The lowest BCUT2D eigenvalue weighted by Crippen LogP contribution is -2.61. The van der Waals surface area contributed by atoms with Crippen molar-refractivity contribution in [1.82, 2.24) is 10.2 Å². The summed E-state index contributed by atoms with van der Waals surface area (Å²) in [4.78, 5) is 50.9. The SMILES string of the molecule is C[C@@H](OC(=O)CCN1C(=O)c2ccccc2C1=O)C(=O)NC12CC3CC(CC(C3)C1)C2. The van der Waals surface area contributed by atoms with Gasteiger partial charge in [-0.25, -0.2) is 0 Å². The first-order valence-corrected chi connectivity index (χ1v) is 11.3. The zero-order valence-electron chi connectivity index (χ0n) is 17.8. The number of benzene rings is 1. The molecule has 1 heterocycles. The largest absolute Gasteiger partial charge is 0.452 e. The monoisotopic (exact) mass is 424 g/mol. The van der Waals surface area contributed by atoms with E-state index >= 15 is 0 Å². The summed E-state index contributed by atoms with van der Waals surface area (Å²) >= 11 is 0. The Balaban J connectivity index is 1.13. The molecule has 1 N–H and O–H groups in total. The summed E-state index contributed by atoms with van der Waals surface area (Å²) in [5.41, 5.74) is 0.570. The van der Waals surface area contributed by atoms with Crippen molar-refractivity contribution in [3.63, 3.8) is 0 Å². The first-order valence-electron chi connectivity index (χ1n) is 11.3. The number of rotatable bonds is 6. The Hall–Kier alpha value is -2.70. The van der Waals surface area contributed by atoms with Crippen molar-refractivity contribution in [3.8, 4) is 0 Å². The van der Waals surface area contributed by atoms with Gasteiger partial charge in [-0.1, -0.05) is 12.1 Å². The van der Waals surface area contributed by atoms with Gasteiger partial charge in [0.1, 0.15) is 0 Å². The number of nitrogens with one attached hydrogen (secondary N) is 1. The van der Waals surface area contributed by atoms with Crippen molar-refractivity contribution in [1.29, 1.82) is 0 Å². The van der Waals surface area contributed by atoms with Crippen LogP contribution < -0.4 is 5.32 Å². The topological polar surface area (TPSA) is 92.8 Å². The molecule has 7 nitrogen and oxygen atoms in total. The third-order valence-corrected chi connectivity index (χ3v) is 7.52. The molecule has 0 spiro atoms. The van der Waals surface area contributed by atoms with Crippen LogP contribution in [0.4, 0.5) is 0 Å². The standard InChI is InChI=1S/C24H28N2O5/c1-14(21(28)25-24-11-15-8-16(12-24)10-17(9-15)13-24)31-20(27)6-7-26-22(29)18-4-2-3-5-19(18)23(26)30/h2-5,14-17H,6-13H2,1H3,(H,25,28)/t14-,15?,16?,17?,24?/m1/s1. The molecule has 1 aromatic carbocycles. The second-order valence-corrected chi connectivity index (χ2v) is 9.88. The fourth-order valence-corrected chi connectivity index (χ4v) is 6.58. The van der Waals surface area contributed by atoms with Crippen molar-refractivity contribution in [2.45, 2.75) is 63.5 Å². The van der Waals surface area contributed by atoms with E-state index in [1.54, 1.807) is 31.2 Å². The molecule has 4 saturated carbocycles. The summed E-state index contributed by atoms with van der Waals surface area (Å²) in [7, 11) is 0. The van der Waals surface area contributed by atoms with Gasteiger partial charge in [0.25, 0.3) is 17.7 Å². The number of carbonyl (C=O) groups is 4. The highest BCUT2D eigenvalue weighted by atomic mass is 16.5. The summed E-state index contributed by atoms with van der Waals surface area (Å²) in [6, 6.07) is 6.60. The molecule has 5 aliphatic rings. The third kappa shape index (κ3) is 3.64. The molecule has 0 radical (unpaired) electrons. The van der Waals surface area contributed by atoms with Crippen LogP contribution in [0.3, 0.4) is 0 Å². The average molecular weight is 424 g/mol. The normalized spacial score (nSPS) is 31.5. The van der Waals surface area contributed by atoms with E-state index in [9.17, 15) is 19.2 Å². The number of hydrogen-bond acceptors (Lipinski definition) is 5. The Labute approximate surface area is 181 Å². The highest BCUT2D eigenvalue weighted by molar-refractivity contribution is 6.21. The lowest BCUT2D eigenvalue weighted by molar-refractivity contribution is -0.156. The maximum Gasteiger partial charge on any atom is 0.308 e. The fraction of sp³-hybridized carbons (Fsp3) is 0.583. The van der Waals surface area contributed by atoms with Crippen molar-refractivity contribution in [2.24, 2.45) is 17.8 Å². The molecule has 0 aromatic heterocycles.